The standard InChI is InChI=1S/C35H29N3O8S2/c1-21-8-4-6-10-29(21)37-23-12-15-26-32(18-23)46-33-19-24(13-16-27(33)35(26)28-9-5-7-11-34(28)48(43,44)45)38(3)31-20-25(47(40,41)42)14-17-30(31)36-22(2)39/h4-20H,1-3H3,(H3,36,39,40,41,42,43,44,45)/p+1. The van der Waals surface area contributed by atoms with Crippen LogP contribution in [0.2, 0.25) is 0 Å². The molecule has 1 heterocycles. The number of carbonyl (C=O) groups excluding carboxylic acids is 1. The first-order chi connectivity index (χ1) is 22.7. The van der Waals surface area contributed by atoms with Gasteiger partial charge in [-0.15, -0.1) is 0 Å². The van der Waals surface area contributed by atoms with Crippen molar-refractivity contribution >= 4 is 59.9 Å². The zero-order chi connectivity index (χ0) is 34.4. The molecule has 11 nitrogen and oxygen atoms in total. The van der Waals surface area contributed by atoms with Gasteiger partial charge in [0.15, 0.2) is 0 Å². The van der Waals surface area contributed by atoms with Crippen molar-refractivity contribution in [3.63, 3.8) is 0 Å². The van der Waals surface area contributed by atoms with Gasteiger partial charge in [-0.05, 0) is 55.0 Å². The van der Waals surface area contributed by atoms with Gasteiger partial charge in [0, 0.05) is 58.6 Å². The number of rotatable bonds is 7. The SMILES string of the molecule is CC(=O)Nc1ccc(S(=O)(=O)O)cc1[N+](C)=c1ccc2c(-c3ccccc3S(=O)(=O)O)c3ccc(Nc4ccccc4C)cc3oc-2c1. The lowest BCUT2D eigenvalue weighted by Crippen LogP contribution is -2.23. The van der Waals surface area contributed by atoms with Crippen LogP contribution in [0.3, 0.4) is 0 Å². The first-order valence-electron chi connectivity index (χ1n) is 14.6. The third-order valence-corrected chi connectivity index (χ3v) is 9.65. The molecule has 6 rings (SSSR count). The Kier molecular flexibility index (Phi) is 8.39. The van der Waals surface area contributed by atoms with Gasteiger partial charge in [0.25, 0.3) is 20.2 Å². The van der Waals surface area contributed by atoms with E-state index in [0.29, 0.717) is 44.6 Å². The molecule has 13 heteroatoms. The molecule has 0 spiro atoms. The Morgan fingerprint density at radius 1 is 0.771 bits per heavy atom. The number of carbonyl (C=O) groups is 1. The maximum Gasteiger partial charge on any atom is 0.295 e. The summed E-state index contributed by atoms with van der Waals surface area (Å²) in [5.41, 5.74) is 4.90. The molecular formula is C35H30N3O8S2+. The first kappa shape index (κ1) is 32.6. The molecule has 4 aromatic carbocycles. The summed E-state index contributed by atoms with van der Waals surface area (Å²) in [5.74, 6) is -0.0477. The number of hydrogen-bond donors (Lipinski definition) is 4. The van der Waals surface area contributed by atoms with Crippen LogP contribution in [0.5, 0.6) is 0 Å². The highest BCUT2D eigenvalue weighted by Crippen LogP contribution is 2.43. The molecule has 1 aliphatic heterocycles. The van der Waals surface area contributed by atoms with Crippen LogP contribution in [0.1, 0.15) is 12.5 Å². The summed E-state index contributed by atoms with van der Waals surface area (Å²) in [6, 6.07) is 28.3. The Balaban J connectivity index is 1.65. The molecule has 48 heavy (non-hydrogen) atoms. The van der Waals surface area contributed by atoms with Gasteiger partial charge in [0.05, 0.1) is 6.07 Å². The van der Waals surface area contributed by atoms with Gasteiger partial charge >= 0.3 is 0 Å². The van der Waals surface area contributed by atoms with Crippen LogP contribution in [0.15, 0.2) is 117 Å². The van der Waals surface area contributed by atoms with Crippen molar-refractivity contribution in [1.82, 2.24) is 4.58 Å². The highest BCUT2D eigenvalue weighted by atomic mass is 32.2. The van der Waals surface area contributed by atoms with Crippen molar-refractivity contribution in [1.29, 1.82) is 0 Å². The summed E-state index contributed by atoms with van der Waals surface area (Å²) in [6.45, 7) is 3.29. The third-order valence-electron chi connectivity index (χ3n) is 7.89. The molecule has 1 amide bonds. The molecule has 0 saturated heterocycles. The number of aryl methyl sites for hydroxylation is 1. The fourth-order valence-corrected chi connectivity index (χ4v) is 6.81. The molecule has 4 aromatic rings. The average Bonchev–Trinajstić information content (AvgIpc) is 3.03. The number of amides is 1. The molecule has 2 aliphatic rings. The van der Waals surface area contributed by atoms with E-state index >= 15 is 0 Å². The van der Waals surface area contributed by atoms with E-state index < -0.39 is 20.2 Å². The van der Waals surface area contributed by atoms with Crippen LogP contribution in [0.4, 0.5) is 22.7 Å². The third kappa shape index (κ3) is 6.44. The summed E-state index contributed by atoms with van der Waals surface area (Å²) < 4.78 is 76.9. The second kappa shape index (κ2) is 12.4. The molecule has 0 atom stereocenters. The Morgan fingerprint density at radius 3 is 2.21 bits per heavy atom. The molecule has 0 bridgehead atoms. The Hall–Kier alpha value is -5.34. The molecule has 0 fully saturated rings. The van der Waals surface area contributed by atoms with Crippen LogP contribution in [0, 0.1) is 6.92 Å². The highest BCUT2D eigenvalue weighted by Gasteiger charge is 2.25. The van der Waals surface area contributed by atoms with Crippen LogP contribution in [-0.2, 0) is 25.0 Å². The number of benzene rings is 5. The lowest BCUT2D eigenvalue weighted by Gasteiger charge is -2.18. The van der Waals surface area contributed by atoms with E-state index in [-0.39, 0.29) is 26.9 Å². The monoisotopic (exact) mass is 684 g/mol. The van der Waals surface area contributed by atoms with Crippen molar-refractivity contribution in [2.75, 3.05) is 17.7 Å². The first-order valence-corrected chi connectivity index (χ1v) is 17.4. The van der Waals surface area contributed by atoms with Crippen LogP contribution < -0.4 is 20.6 Å². The fourth-order valence-electron chi connectivity index (χ4n) is 5.61. The minimum absolute atomic E-state index is 0.264. The number of fused-ring (bicyclic) bond motifs is 2. The summed E-state index contributed by atoms with van der Waals surface area (Å²) in [7, 11) is -7.53. The normalized spacial score (nSPS) is 12.6. The number of hydrogen-bond acceptors (Lipinski definition) is 7. The van der Waals surface area contributed by atoms with Gasteiger partial charge in [0.1, 0.15) is 33.9 Å². The van der Waals surface area contributed by atoms with E-state index in [2.05, 4.69) is 10.6 Å². The van der Waals surface area contributed by atoms with Gasteiger partial charge < -0.3 is 15.1 Å². The summed E-state index contributed by atoms with van der Waals surface area (Å²) >= 11 is 0. The molecule has 0 saturated carbocycles. The topological polar surface area (TPSA) is 166 Å². The van der Waals surface area contributed by atoms with E-state index in [1.54, 1.807) is 48.0 Å². The fraction of sp³-hybridized carbons (Fsp3) is 0.0857. The van der Waals surface area contributed by atoms with Crippen LogP contribution in [0.25, 0.3) is 33.4 Å². The molecule has 244 valence electrons. The average molecular weight is 685 g/mol. The number of anilines is 3. The zero-order valence-electron chi connectivity index (χ0n) is 25.9. The molecule has 0 aromatic heterocycles. The lowest BCUT2D eigenvalue weighted by atomic mass is 9.93. The molecular weight excluding hydrogens is 655 g/mol. The predicted molar refractivity (Wildman–Crippen MR) is 184 cm³/mol. The van der Waals surface area contributed by atoms with E-state index in [1.807, 2.05) is 43.3 Å². The number of nitrogens with one attached hydrogen (secondary N) is 2. The second-order valence-corrected chi connectivity index (χ2v) is 14.0. The van der Waals surface area contributed by atoms with Gasteiger partial charge in [-0.2, -0.15) is 21.4 Å². The van der Waals surface area contributed by atoms with Crippen LogP contribution >= 0.6 is 0 Å². The van der Waals surface area contributed by atoms with Crippen molar-refractivity contribution in [3.8, 4) is 22.5 Å². The van der Waals surface area contributed by atoms with Crippen molar-refractivity contribution in [2.24, 2.45) is 0 Å². The zero-order valence-corrected chi connectivity index (χ0v) is 27.6. The molecule has 4 N–H and O–H groups in total. The minimum atomic E-state index is -4.62. The van der Waals surface area contributed by atoms with E-state index in [0.717, 1.165) is 11.3 Å². The number of para-hydroxylation sites is 1. The Morgan fingerprint density at radius 2 is 1.50 bits per heavy atom. The predicted octanol–water partition coefficient (Wildman–Crippen LogP) is 6.44. The summed E-state index contributed by atoms with van der Waals surface area (Å²) in [5, 5.41) is 7.16. The van der Waals surface area contributed by atoms with Gasteiger partial charge in [-0.3, -0.25) is 13.9 Å². The maximum atomic E-state index is 12.5. The number of nitrogens with zero attached hydrogens (tertiary/aromatic N) is 1. The van der Waals surface area contributed by atoms with Gasteiger partial charge in [0.2, 0.25) is 17.0 Å². The van der Waals surface area contributed by atoms with E-state index in [1.165, 1.54) is 37.3 Å². The quantitative estimate of drug-likeness (QED) is 0.0841. The molecule has 0 radical (unpaired) electrons. The Bertz CT molecular complexity index is 2520. The molecule has 1 aliphatic carbocycles. The van der Waals surface area contributed by atoms with Gasteiger partial charge in [-0.25, -0.2) is 0 Å². The van der Waals surface area contributed by atoms with E-state index in [9.17, 15) is 30.7 Å². The van der Waals surface area contributed by atoms with Gasteiger partial charge in [-0.1, -0.05) is 36.4 Å². The largest absolute Gasteiger partial charge is 0.456 e. The van der Waals surface area contributed by atoms with Crippen molar-refractivity contribution < 1.29 is 35.2 Å². The molecule has 0 unspecified atom stereocenters. The second-order valence-electron chi connectivity index (χ2n) is 11.2. The van der Waals surface area contributed by atoms with E-state index in [4.69, 9.17) is 4.42 Å². The van der Waals surface area contributed by atoms with Crippen molar-refractivity contribution in [3.05, 3.63) is 114 Å². The van der Waals surface area contributed by atoms with Crippen molar-refractivity contribution in [2.45, 2.75) is 23.6 Å². The Labute approximate surface area is 276 Å². The summed E-state index contributed by atoms with van der Waals surface area (Å²) in [6.07, 6.45) is 0. The minimum Gasteiger partial charge on any atom is -0.456 e. The maximum absolute atomic E-state index is 12.5. The summed E-state index contributed by atoms with van der Waals surface area (Å²) in [4.78, 5) is 11.3. The van der Waals surface area contributed by atoms with Crippen LogP contribution in [-0.4, -0.2) is 38.9 Å². The smallest absolute Gasteiger partial charge is 0.295 e. The lowest BCUT2D eigenvalue weighted by molar-refractivity contribution is -0.114. The highest BCUT2D eigenvalue weighted by molar-refractivity contribution is 7.86.